The molecule has 0 unspecified atom stereocenters. The van der Waals surface area contributed by atoms with Crippen LogP contribution in [0, 0.1) is 12.8 Å². The Kier molecular flexibility index (Phi) is 5.62. The maximum Gasteiger partial charge on any atom is 0.184 e. The molecule has 4 aromatic rings. The predicted octanol–water partition coefficient (Wildman–Crippen LogP) is 4.06. The van der Waals surface area contributed by atoms with E-state index in [9.17, 15) is 4.79 Å². The van der Waals surface area contributed by atoms with Crippen molar-refractivity contribution in [3.63, 3.8) is 0 Å². The summed E-state index contributed by atoms with van der Waals surface area (Å²) in [5.74, 6) is 2.44. The van der Waals surface area contributed by atoms with Crippen molar-refractivity contribution in [3.8, 4) is 17.1 Å². The zero-order chi connectivity index (χ0) is 23.7. The first-order valence-electron chi connectivity index (χ1n) is 10.9. The van der Waals surface area contributed by atoms with Gasteiger partial charge >= 0.3 is 0 Å². The molecule has 10 heteroatoms. The van der Waals surface area contributed by atoms with E-state index < -0.39 is 0 Å². The van der Waals surface area contributed by atoms with Gasteiger partial charge in [0, 0.05) is 37.0 Å². The lowest BCUT2D eigenvalue weighted by Crippen LogP contribution is -2.09. The molecule has 1 saturated carbocycles. The molecular weight excluding hydrogens is 432 g/mol. The average Bonchev–Trinajstić information content (AvgIpc) is 3.59. The fraction of sp³-hybridized carbons (Fsp3) is 0.250. The van der Waals surface area contributed by atoms with Crippen molar-refractivity contribution in [1.29, 1.82) is 0 Å². The number of ether oxygens (including phenoxy) is 1. The Morgan fingerprint density at radius 3 is 2.59 bits per heavy atom. The van der Waals surface area contributed by atoms with Crippen LogP contribution < -0.4 is 15.4 Å². The molecule has 0 saturated heterocycles. The second kappa shape index (κ2) is 8.89. The molecule has 2 N–H and O–H groups in total. The van der Waals surface area contributed by atoms with Gasteiger partial charge in [-0.25, -0.2) is 19.9 Å². The number of carbonyl (C=O) groups is 1. The van der Waals surface area contributed by atoms with Gasteiger partial charge in [0.25, 0.3) is 0 Å². The zero-order valence-corrected chi connectivity index (χ0v) is 19.1. The van der Waals surface area contributed by atoms with E-state index in [-0.39, 0.29) is 11.7 Å². The standard InChI is InChI=1S/C24H24N8O2/c1-14-9-20(27-12-26-14)30-21-10-19(17(11-25-21)22(33)15-7-8-15)29-18-6-4-5-16(23(18)34-3)24-28-13-32(2)31-24/h4-6,9-13,15H,7-8H2,1-3H3,(H2,25,26,27,29,30). The Balaban J connectivity index is 1.53. The highest BCUT2D eigenvalue weighted by molar-refractivity contribution is 6.04. The predicted molar refractivity (Wildman–Crippen MR) is 128 cm³/mol. The molecule has 34 heavy (non-hydrogen) atoms. The molecule has 0 bridgehead atoms. The quantitative estimate of drug-likeness (QED) is 0.378. The third-order valence-corrected chi connectivity index (χ3v) is 5.51. The van der Waals surface area contributed by atoms with Crippen LogP contribution in [0.3, 0.4) is 0 Å². The molecule has 5 rings (SSSR count). The van der Waals surface area contributed by atoms with Crippen LogP contribution in [0.2, 0.25) is 0 Å². The van der Waals surface area contributed by atoms with Crippen LogP contribution in [0.15, 0.2) is 49.2 Å². The smallest absolute Gasteiger partial charge is 0.184 e. The number of para-hydroxylation sites is 1. The first kappa shape index (κ1) is 21.5. The van der Waals surface area contributed by atoms with Crippen LogP contribution >= 0.6 is 0 Å². The summed E-state index contributed by atoms with van der Waals surface area (Å²) in [4.78, 5) is 30.2. The van der Waals surface area contributed by atoms with Crippen LogP contribution in [-0.4, -0.2) is 42.6 Å². The van der Waals surface area contributed by atoms with E-state index in [0.717, 1.165) is 24.1 Å². The molecule has 1 fully saturated rings. The molecule has 0 spiro atoms. The van der Waals surface area contributed by atoms with E-state index in [0.29, 0.717) is 40.1 Å². The van der Waals surface area contributed by atoms with E-state index >= 15 is 0 Å². The topological polar surface area (TPSA) is 120 Å². The Labute approximate surface area is 196 Å². The number of nitrogens with zero attached hydrogens (tertiary/aromatic N) is 6. The number of benzene rings is 1. The normalized spacial score (nSPS) is 12.9. The van der Waals surface area contributed by atoms with Gasteiger partial charge < -0.3 is 15.4 Å². The number of ketones is 1. The lowest BCUT2D eigenvalue weighted by Gasteiger charge is -2.17. The van der Waals surface area contributed by atoms with Crippen molar-refractivity contribution in [2.45, 2.75) is 19.8 Å². The van der Waals surface area contributed by atoms with Crippen molar-refractivity contribution in [2.24, 2.45) is 13.0 Å². The average molecular weight is 457 g/mol. The largest absolute Gasteiger partial charge is 0.494 e. The Bertz CT molecular complexity index is 1360. The summed E-state index contributed by atoms with van der Waals surface area (Å²) in [6.45, 7) is 1.89. The van der Waals surface area contributed by atoms with Gasteiger partial charge in [-0.3, -0.25) is 9.48 Å². The lowest BCUT2D eigenvalue weighted by molar-refractivity contribution is 0.0968. The molecule has 172 valence electrons. The third-order valence-electron chi connectivity index (χ3n) is 5.51. The number of aryl methyl sites for hydroxylation is 2. The number of nitrogens with one attached hydrogen (secondary N) is 2. The molecule has 0 atom stereocenters. The minimum atomic E-state index is 0.0524. The lowest BCUT2D eigenvalue weighted by atomic mass is 10.1. The highest BCUT2D eigenvalue weighted by atomic mass is 16.5. The maximum absolute atomic E-state index is 13.0. The number of aromatic nitrogens is 6. The van der Waals surface area contributed by atoms with Gasteiger partial charge in [0.05, 0.1) is 29.6 Å². The summed E-state index contributed by atoms with van der Waals surface area (Å²) in [6.07, 6.45) is 6.54. The summed E-state index contributed by atoms with van der Waals surface area (Å²) in [6, 6.07) is 9.30. The zero-order valence-electron chi connectivity index (χ0n) is 19.1. The number of rotatable bonds is 8. The Morgan fingerprint density at radius 1 is 1.06 bits per heavy atom. The van der Waals surface area contributed by atoms with Gasteiger partial charge in [-0.2, -0.15) is 5.10 Å². The van der Waals surface area contributed by atoms with Gasteiger partial charge in [0.15, 0.2) is 17.4 Å². The molecule has 1 aliphatic carbocycles. The number of anilines is 4. The van der Waals surface area contributed by atoms with E-state index in [2.05, 4.69) is 35.7 Å². The monoisotopic (exact) mass is 456 g/mol. The summed E-state index contributed by atoms with van der Waals surface area (Å²) in [5, 5.41) is 11.0. The number of carbonyl (C=O) groups excluding carboxylic acids is 1. The number of pyridine rings is 1. The minimum Gasteiger partial charge on any atom is -0.494 e. The summed E-state index contributed by atoms with van der Waals surface area (Å²) < 4.78 is 7.36. The summed E-state index contributed by atoms with van der Waals surface area (Å²) in [5.41, 5.74) is 3.43. The molecule has 0 radical (unpaired) electrons. The van der Waals surface area contributed by atoms with E-state index in [1.165, 1.54) is 6.33 Å². The highest BCUT2D eigenvalue weighted by Gasteiger charge is 2.32. The summed E-state index contributed by atoms with van der Waals surface area (Å²) in [7, 11) is 3.41. The maximum atomic E-state index is 13.0. The van der Waals surface area contributed by atoms with E-state index in [1.54, 1.807) is 30.4 Å². The van der Waals surface area contributed by atoms with Gasteiger partial charge in [-0.05, 0) is 31.9 Å². The Morgan fingerprint density at radius 2 is 1.88 bits per heavy atom. The van der Waals surface area contributed by atoms with Crippen molar-refractivity contribution in [1.82, 2.24) is 29.7 Å². The van der Waals surface area contributed by atoms with Crippen molar-refractivity contribution in [3.05, 3.63) is 60.4 Å². The first-order chi connectivity index (χ1) is 16.5. The van der Waals surface area contributed by atoms with E-state index in [1.807, 2.05) is 38.2 Å². The number of methoxy groups -OCH3 is 1. The molecular formula is C24H24N8O2. The van der Waals surface area contributed by atoms with Gasteiger partial charge in [0.2, 0.25) is 0 Å². The number of Topliss-reactive ketones (excluding diaryl/α,β-unsaturated/α-hetero) is 1. The molecule has 0 amide bonds. The van der Waals surface area contributed by atoms with E-state index in [4.69, 9.17) is 4.74 Å². The molecule has 0 aliphatic heterocycles. The molecule has 1 aromatic carbocycles. The number of hydrogen-bond acceptors (Lipinski definition) is 9. The van der Waals surface area contributed by atoms with Crippen LogP contribution in [0.25, 0.3) is 11.4 Å². The van der Waals surface area contributed by atoms with Gasteiger partial charge in [-0.1, -0.05) is 6.07 Å². The molecule has 10 nitrogen and oxygen atoms in total. The number of hydrogen-bond donors (Lipinski definition) is 2. The van der Waals surface area contributed by atoms with Crippen molar-refractivity contribution in [2.75, 3.05) is 17.7 Å². The van der Waals surface area contributed by atoms with Crippen LogP contribution in [0.5, 0.6) is 5.75 Å². The fourth-order valence-electron chi connectivity index (χ4n) is 3.68. The van der Waals surface area contributed by atoms with Crippen molar-refractivity contribution < 1.29 is 9.53 Å². The highest BCUT2D eigenvalue weighted by Crippen LogP contribution is 2.39. The molecule has 3 aromatic heterocycles. The van der Waals surface area contributed by atoms with Crippen molar-refractivity contribution >= 4 is 28.8 Å². The fourth-order valence-corrected chi connectivity index (χ4v) is 3.68. The first-order valence-corrected chi connectivity index (χ1v) is 10.9. The molecule has 3 heterocycles. The second-order valence-corrected chi connectivity index (χ2v) is 8.18. The van der Waals surface area contributed by atoms with Gasteiger partial charge in [0.1, 0.15) is 24.3 Å². The minimum absolute atomic E-state index is 0.0524. The van der Waals surface area contributed by atoms with Gasteiger partial charge in [-0.15, -0.1) is 0 Å². The third kappa shape index (κ3) is 4.42. The SMILES string of the molecule is COc1c(Nc2cc(Nc3cc(C)ncn3)ncc2C(=O)C2CC2)cccc1-c1ncn(C)n1. The van der Waals surface area contributed by atoms with Crippen LogP contribution in [-0.2, 0) is 7.05 Å². The molecule has 1 aliphatic rings. The summed E-state index contributed by atoms with van der Waals surface area (Å²) >= 11 is 0. The second-order valence-electron chi connectivity index (χ2n) is 8.18. The van der Waals surface area contributed by atoms with Crippen LogP contribution in [0.4, 0.5) is 23.0 Å². The Hall–Kier alpha value is -4.34. The van der Waals surface area contributed by atoms with Crippen LogP contribution in [0.1, 0.15) is 28.9 Å².